The van der Waals surface area contributed by atoms with Gasteiger partial charge in [0, 0.05) is 18.4 Å². The van der Waals surface area contributed by atoms with Gasteiger partial charge in [0.15, 0.2) is 0 Å². The van der Waals surface area contributed by atoms with Crippen LogP contribution in [0.15, 0.2) is 0 Å². The highest BCUT2D eigenvalue weighted by Gasteiger charge is 2.57. The van der Waals surface area contributed by atoms with Gasteiger partial charge >= 0.3 is 0 Å². The SMILES string of the molecule is CCC1CNCCC1(O)C1CC(C)(C)OC1(C)C. The van der Waals surface area contributed by atoms with Crippen LogP contribution in [0.25, 0.3) is 0 Å². The molecule has 2 aliphatic rings. The van der Waals surface area contributed by atoms with Crippen LogP contribution in [-0.2, 0) is 4.74 Å². The average molecular weight is 255 g/mol. The molecule has 0 amide bonds. The lowest BCUT2D eigenvalue weighted by Crippen LogP contribution is -2.58. The number of aliphatic hydroxyl groups is 1. The smallest absolute Gasteiger partial charge is 0.0756 e. The Bertz CT molecular complexity index is 314. The first kappa shape index (κ1) is 14.3. The summed E-state index contributed by atoms with van der Waals surface area (Å²) in [5, 5.41) is 14.7. The van der Waals surface area contributed by atoms with E-state index in [1.807, 2.05) is 0 Å². The van der Waals surface area contributed by atoms with Crippen LogP contribution in [0, 0.1) is 11.8 Å². The van der Waals surface area contributed by atoms with Gasteiger partial charge in [-0.1, -0.05) is 6.92 Å². The summed E-state index contributed by atoms with van der Waals surface area (Å²) in [5.74, 6) is 0.570. The minimum absolute atomic E-state index is 0.118. The van der Waals surface area contributed by atoms with E-state index in [-0.39, 0.29) is 17.1 Å². The van der Waals surface area contributed by atoms with Crippen LogP contribution in [-0.4, -0.2) is 35.0 Å². The van der Waals surface area contributed by atoms with E-state index < -0.39 is 5.60 Å². The molecule has 3 heteroatoms. The van der Waals surface area contributed by atoms with Gasteiger partial charge in [0.25, 0.3) is 0 Å². The fourth-order valence-electron chi connectivity index (χ4n) is 4.24. The van der Waals surface area contributed by atoms with Gasteiger partial charge in [-0.25, -0.2) is 0 Å². The minimum Gasteiger partial charge on any atom is -0.389 e. The molecule has 2 aliphatic heterocycles. The summed E-state index contributed by atoms with van der Waals surface area (Å²) >= 11 is 0. The Balaban J connectivity index is 2.28. The molecule has 0 aliphatic carbocycles. The van der Waals surface area contributed by atoms with E-state index in [0.29, 0.717) is 5.92 Å². The van der Waals surface area contributed by atoms with Gasteiger partial charge in [-0.2, -0.15) is 0 Å². The monoisotopic (exact) mass is 255 g/mol. The third-order valence-corrected chi connectivity index (χ3v) is 4.97. The number of hydrogen-bond acceptors (Lipinski definition) is 3. The van der Waals surface area contributed by atoms with Crippen LogP contribution in [0.5, 0.6) is 0 Å². The molecule has 2 saturated heterocycles. The first-order chi connectivity index (χ1) is 8.21. The number of rotatable bonds is 2. The van der Waals surface area contributed by atoms with Crippen LogP contribution in [0.1, 0.15) is 53.9 Å². The van der Waals surface area contributed by atoms with Gasteiger partial charge in [-0.3, -0.25) is 0 Å². The van der Waals surface area contributed by atoms with Crippen molar-refractivity contribution < 1.29 is 9.84 Å². The van der Waals surface area contributed by atoms with Gasteiger partial charge in [-0.15, -0.1) is 0 Å². The summed E-state index contributed by atoms with van der Waals surface area (Å²) in [6, 6.07) is 0. The second-order valence-electron chi connectivity index (χ2n) is 7.27. The van der Waals surface area contributed by atoms with Crippen LogP contribution in [0.4, 0.5) is 0 Å². The van der Waals surface area contributed by atoms with E-state index in [4.69, 9.17) is 4.74 Å². The van der Waals surface area contributed by atoms with E-state index in [9.17, 15) is 5.11 Å². The van der Waals surface area contributed by atoms with Crippen LogP contribution in [0.2, 0.25) is 0 Å². The quantitative estimate of drug-likeness (QED) is 0.796. The second kappa shape index (κ2) is 4.46. The van der Waals surface area contributed by atoms with Crippen molar-refractivity contribution in [3.63, 3.8) is 0 Å². The highest BCUT2D eigenvalue weighted by Crippen LogP contribution is 2.51. The standard InChI is InChI=1S/C15H29NO2/c1-6-11-10-16-8-7-15(11,17)12-9-13(2,3)18-14(12,4)5/h11-12,16-17H,6-10H2,1-5H3. The molecule has 2 heterocycles. The largest absolute Gasteiger partial charge is 0.389 e. The topological polar surface area (TPSA) is 41.5 Å². The van der Waals surface area contributed by atoms with E-state index in [1.54, 1.807) is 0 Å². The maximum atomic E-state index is 11.3. The zero-order chi connectivity index (χ0) is 13.6. The summed E-state index contributed by atoms with van der Waals surface area (Å²) in [4.78, 5) is 0. The molecule has 3 nitrogen and oxygen atoms in total. The third-order valence-electron chi connectivity index (χ3n) is 4.97. The molecule has 0 radical (unpaired) electrons. The summed E-state index contributed by atoms with van der Waals surface area (Å²) < 4.78 is 6.18. The number of piperidine rings is 1. The van der Waals surface area contributed by atoms with Gasteiger partial charge < -0.3 is 15.2 Å². The van der Waals surface area contributed by atoms with Gasteiger partial charge in [0.1, 0.15) is 0 Å². The molecule has 0 saturated carbocycles. The molecule has 0 spiro atoms. The van der Waals surface area contributed by atoms with Gasteiger partial charge in [-0.05, 0) is 53.5 Å². The Labute approximate surface area is 111 Å². The van der Waals surface area contributed by atoms with Crippen molar-refractivity contribution in [2.24, 2.45) is 11.8 Å². The predicted molar refractivity (Wildman–Crippen MR) is 73.6 cm³/mol. The zero-order valence-corrected chi connectivity index (χ0v) is 12.5. The summed E-state index contributed by atoms with van der Waals surface area (Å²) in [6.45, 7) is 12.6. The predicted octanol–water partition coefficient (Wildman–Crippen LogP) is 2.33. The van der Waals surface area contributed by atoms with E-state index in [2.05, 4.69) is 39.9 Å². The zero-order valence-electron chi connectivity index (χ0n) is 12.5. The molecule has 2 fully saturated rings. The van der Waals surface area contributed by atoms with Crippen molar-refractivity contribution in [3.8, 4) is 0 Å². The second-order valence-corrected chi connectivity index (χ2v) is 7.27. The van der Waals surface area contributed by atoms with E-state index in [0.717, 1.165) is 32.4 Å². The molecule has 0 aromatic carbocycles. The highest BCUT2D eigenvalue weighted by molar-refractivity contribution is 5.07. The molecule has 2 rings (SSSR count). The summed E-state index contributed by atoms with van der Waals surface area (Å²) in [7, 11) is 0. The Hall–Kier alpha value is -0.120. The molecular weight excluding hydrogens is 226 g/mol. The molecule has 0 bridgehead atoms. The molecular formula is C15H29NO2. The number of ether oxygens (including phenoxy) is 1. The maximum Gasteiger partial charge on any atom is 0.0756 e. The molecule has 2 N–H and O–H groups in total. The lowest BCUT2D eigenvalue weighted by molar-refractivity contribution is -0.143. The summed E-state index contributed by atoms with van der Waals surface area (Å²) in [5.41, 5.74) is -0.923. The molecule has 18 heavy (non-hydrogen) atoms. The molecule has 0 aromatic heterocycles. The Morgan fingerprint density at radius 3 is 2.44 bits per heavy atom. The Morgan fingerprint density at radius 1 is 1.28 bits per heavy atom. The third kappa shape index (κ3) is 2.33. The number of nitrogens with one attached hydrogen (secondary N) is 1. The van der Waals surface area contributed by atoms with Crippen LogP contribution >= 0.6 is 0 Å². The highest BCUT2D eigenvalue weighted by atomic mass is 16.5. The molecule has 3 atom stereocenters. The average Bonchev–Trinajstić information content (AvgIpc) is 2.48. The Kier molecular flexibility index (Phi) is 3.54. The van der Waals surface area contributed by atoms with Crippen molar-refractivity contribution in [2.45, 2.75) is 70.7 Å². The number of hydrogen-bond donors (Lipinski definition) is 2. The first-order valence-electron chi connectivity index (χ1n) is 7.34. The van der Waals surface area contributed by atoms with Gasteiger partial charge in [0.2, 0.25) is 0 Å². The fraction of sp³-hybridized carbons (Fsp3) is 1.00. The molecule has 3 unspecified atom stereocenters. The first-order valence-corrected chi connectivity index (χ1v) is 7.34. The van der Waals surface area contributed by atoms with Crippen molar-refractivity contribution in [2.75, 3.05) is 13.1 Å². The van der Waals surface area contributed by atoms with Gasteiger partial charge in [0.05, 0.1) is 16.8 Å². The summed E-state index contributed by atoms with van der Waals surface area (Å²) in [6.07, 6.45) is 2.82. The normalized spacial score (nSPS) is 43.0. The van der Waals surface area contributed by atoms with Crippen molar-refractivity contribution in [3.05, 3.63) is 0 Å². The lowest BCUT2D eigenvalue weighted by atomic mass is 9.65. The van der Waals surface area contributed by atoms with E-state index >= 15 is 0 Å². The minimum atomic E-state index is -0.572. The molecule has 0 aromatic rings. The van der Waals surface area contributed by atoms with Crippen molar-refractivity contribution in [1.29, 1.82) is 0 Å². The fourth-order valence-corrected chi connectivity index (χ4v) is 4.24. The lowest BCUT2D eigenvalue weighted by Gasteiger charge is -2.47. The van der Waals surface area contributed by atoms with E-state index in [1.165, 1.54) is 0 Å². The van der Waals surface area contributed by atoms with Crippen LogP contribution < -0.4 is 5.32 Å². The van der Waals surface area contributed by atoms with Crippen LogP contribution in [0.3, 0.4) is 0 Å². The van der Waals surface area contributed by atoms with Crippen molar-refractivity contribution >= 4 is 0 Å². The van der Waals surface area contributed by atoms with Crippen molar-refractivity contribution in [1.82, 2.24) is 5.32 Å². The molecule has 106 valence electrons. The Morgan fingerprint density at radius 2 is 1.94 bits per heavy atom. The maximum absolute atomic E-state index is 11.3.